The highest BCUT2D eigenvalue weighted by atomic mass is 32.2. The topological polar surface area (TPSA) is 25.8 Å². The summed E-state index contributed by atoms with van der Waals surface area (Å²) in [5.41, 5.74) is 9.11. The van der Waals surface area contributed by atoms with E-state index >= 15 is 0 Å². The Balaban J connectivity index is 1.33. The summed E-state index contributed by atoms with van der Waals surface area (Å²) in [6, 6.07) is 42.9. The summed E-state index contributed by atoms with van der Waals surface area (Å²) in [4.78, 5) is 12.7. The Morgan fingerprint density at radius 2 is 1.21 bits per heavy atom. The van der Waals surface area contributed by atoms with Gasteiger partial charge < -0.3 is 0 Å². The van der Waals surface area contributed by atoms with Crippen LogP contribution >= 0.6 is 11.8 Å². The molecular formula is C35H26N2S. The number of para-hydroxylation sites is 1. The average Bonchev–Trinajstić information content (AvgIpc) is 2.97. The van der Waals surface area contributed by atoms with Crippen molar-refractivity contribution in [3.8, 4) is 33.8 Å². The Labute approximate surface area is 227 Å². The van der Waals surface area contributed by atoms with Crippen molar-refractivity contribution >= 4 is 22.7 Å². The molecule has 0 atom stereocenters. The Kier molecular flexibility index (Phi) is 5.41. The van der Waals surface area contributed by atoms with Crippen LogP contribution in [0.5, 0.6) is 0 Å². The van der Waals surface area contributed by atoms with Crippen molar-refractivity contribution in [3.05, 3.63) is 132 Å². The molecule has 0 aliphatic carbocycles. The predicted octanol–water partition coefficient (Wildman–Crippen LogP) is 9.42. The number of fused-ring (bicyclic) bond motifs is 3. The predicted molar refractivity (Wildman–Crippen MR) is 159 cm³/mol. The molecule has 2 heterocycles. The van der Waals surface area contributed by atoms with E-state index in [-0.39, 0.29) is 5.41 Å². The van der Waals surface area contributed by atoms with Crippen molar-refractivity contribution in [3.63, 3.8) is 0 Å². The van der Waals surface area contributed by atoms with Crippen molar-refractivity contribution in [1.82, 2.24) is 9.97 Å². The van der Waals surface area contributed by atoms with Gasteiger partial charge in [-0.15, -0.1) is 0 Å². The normalized spacial score (nSPS) is 13.6. The van der Waals surface area contributed by atoms with Crippen molar-refractivity contribution in [2.24, 2.45) is 0 Å². The van der Waals surface area contributed by atoms with Gasteiger partial charge in [-0.05, 0) is 52.6 Å². The van der Waals surface area contributed by atoms with E-state index in [0.717, 1.165) is 33.5 Å². The Bertz CT molecular complexity index is 1820. The van der Waals surface area contributed by atoms with E-state index in [2.05, 4.69) is 117 Å². The molecule has 0 radical (unpaired) electrons. The van der Waals surface area contributed by atoms with Gasteiger partial charge in [0.25, 0.3) is 0 Å². The fourth-order valence-electron chi connectivity index (χ4n) is 5.48. The van der Waals surface area contributed by atoms with Gasteiger partial charge in [-0.25, -0.2) is 9.97 Å². The van der Waals surface area contributed by atoms with Gasteiger partial charge in [-0.1, -0.05) is 117 Å². The molecule has 0 saturated carbocycles. The lowest BCUT2D eigenvalue weighted by Crippen LogP contribution is -2.23. The molecule has 5 aromatic carbocycles. The maximum atomic E-state index is 5.08. The zero-order valence-corrected chi connectivity index (χ0v) is 22.2. The molecule has 0 saturated heterocycles. The van der Waals surface area contributed by atoms with E-state index in [4.69, 9.17) is 9.97 Å². The second kappa shape index (κ2) is 8.97. The van der Waals surface area contributed by atoms with Crippen LogP contribution in [0.25, 0.3) is 44.7 Å². The lowest BCUT2D eigenvalue weighted by molar-refractivity contribution is 0.607. The summed E-state index contributed by atoms with van der Waals surface area (Å²) in [6.45, 7) is 4.66. The number of rotatable bonds is 3. The zero-order valence-electron chi connectivity index (χ0n) is 21.3. The van der Waals surface area contributed by atoms with Crippen molar-refractivity contribution in [1.29, 1.82) is 0 Å². The molecule has 38 heavy (non-hydrogen) atoms. The fourth-order valence-corrected chi connectivity index (χ4v) is 6.86. The van der Waals surface area contributed by atoms with Gasteiger partial charge in [-0.2, -0.15) is 0 Å². The monoisotopic (exact) mass is 506 g/mol. The first-order valence-corrected chi connectivity index (χ1v) is 13.7. The third kappa shape index (κ3) is 3.82. The van der Waals surface area contributed by atoms with Crippen LogP contribution < -0.4 is 0 Å². The van der Waals surface area contributed by atoms with E-state index < -0.39 is 0 Å². The Hall–Kier alpha value is -4.21. The Morgan fingerprint density at radius 1 is 0.526 bits per heavy atom. The first-order valence-electron chi connectivity index (χ1n) is 12.9. The molecule has 182 valence electrons. The highest BCUT2D eigenvalue weighted by Crippen LogP contribution is 2.49. The molecule has 0 unspecified atom stereocenters. The van der Waals surface area contributed by atoms with Gasteiger partial charge in [0.15, 0.2) is 5.82 Å². The van der Waals surface area contributed by atoms with E-state index in [9.17, 15) is 0 Å². The molecule has 2 nitrogen and oxygen atoms in total. The maximum Gasteiger partial charge on any atom is 0.160 e. The summed E-state index contributed by atoms with van der Waals surface area (Å²) < 4.78 is 0. The molecule has 7 rings (SSSR count). The van der Waals surface area contributed by atoms with Gasteiger partial charge >= 0.3 is 0 Å². The minimum absolute atomic E-state index is 0.0587. The van der Waals surface area contributed by atoms with Crippen LogP contribution in [0.3, 0.4) is 0 Å². The molecular weight excluding hydrogens is 480 g/mol. The van der Waals surface area contributed by atoms with E-state index in [1.54, 1.807) is 0 Å². The standard InChI is InChI=1S/C35H26N2S/c1-35(2)28-16-7-9-18-31(28)38-32-20-19-25(22-29(32)35)24-13-10-14-26(21-24)34-36-30-17-8-6-15-27(30)33(37-34)23-11-4-3-5-12-23/h3-22H,1-2H3. The summed E-state index contributed by atoms with van der Waals surface area (Å²) in [6.07, 6.45) is 0. The summed E-state index contributed by atoms with van der Waals surface area (Å²) in [7, 11) is 0. The smallest absolute Gasteiger partial charge is 0.160 e. The van der Waals surface area contributed by atoms with Crippen molar-refractivity contribution in [2.45, 2.75) is 29.1 Å². The second-order valence-electron chi connectivity index (χ2n) is 10.3. The number of hydrogen-bond donors (Lipinski definition) is 0. The molecule has 0 spiro atoms. The molecule has 1 aromatic heterocycles. The van der Waals surface area contributed by atoms with Crippen molar-refractivity contribution in [2.75, 3.05) is 0 Å². The van der Waals surface area contributed by atoms with Gasteiger partial charge in [0, 0.05) is 31.7 Å². The molecule has 0 N–H and O–H groups in total. The van der Waals surface area contributed by atoms with Crippen LogP contribution in [0, 0.1) is 0 Å². The van der Waals surface area contributed by atoms with Gasteiger partial charge in [0.2, 0.25) is 0 Å². The van der Waals surface area contributed by atoms with E-state index in [1.165, 1.54) is 32.0 Å². The third-order valence-electron chi connectivity index (χ3n) is 7.54. The first-order chi connectivity index (χ1) is 18.6. The van der Waals surface area contributed by atoms with Crippen LogP contribution in [0.1, 0.15) is 25.0 Å². The minimum Gasteiger partial charge on any atom is -0.228 e. The molecule has 0 fully saturated rings. The van der Waals surface area contributed by atoms with Gasteiger partial charge in [0.1, 0.15) is 0 Å². The largest absolute Gasteiger partial charge is 0.228 e. The van der Waals surface area contributed by atoms with Crippen LogP contribution in [-0.4, -0.2) is 9.97 Å². The molecule has 1 aliphatic rings. The zero-order chi connectivity index (χ0) is 25.7. The molecule has 0 bridgehead atoms. The van der Waals surface area contributed by atoms with Crippen LogP contribution in [0.15, 0.2) is 131 Å². The molecule has 6 aromatic rings. The molecule has 0 amide bonds. The molecule has 3 heteroatoms. The quantitative estimate of drug-likeness (QED) is 0.239. The first kappa shape index (κ1) is 22.9. The van der Waals surface area contributed by atoms with Crippen LogP contribution in [-0.2, 0) is 5.41 Å². The maximum absolute atomic E-state index is 5.08. The highest BCUT2D eigenvalue weighted by molar-refractivity contribution is 7.99. The summed E-state index contributed by atoms with van der Waals surface area (Å²) in [5, 5.41) is 1.06. The van der Waals surface area contributed by atoms with Gasteiger partial charge in [-0.3, -0.25) is 0 Å². The fraction of sp³-hybridized carbons (Fsp3) is 0.0857. The third-order valence-corrected chi connectivity index (χ3v) is 8.69. The molecule has 1 aliphatic heterocycles. The van der Waals surface area contributed by atoms with Crippen LogP contribution in [0.4, 0.5) is 0 Å². The second-order valence-corrected chi connectivity index (χ2v) is 11.4. The summed E-state index contributed by atoms with van der Waals surface area (Å²) in [5.74, 6) is 0.743. The summed E-state index contributed by atoms with van der Waals surface area (Å²) >= 11 is 1.87. The van der Waals surface area contributed by atoms with E-state index in [1.807, 2.05) is 30.0 Å². The minimum atomic E-state index is -0.0587. The lowest BCUT2D eigenvalue weighted by Gasteiger charge is -2.34. The highest BCUT2D eigenvalue weighted by Gasteiger charge is 2.33. The Morgan fingerprint density at radius 3 is 2.11 bits per heavy atom. The lowest BCUT2D eigenvalue weighted by atomic mass is 9.77. The van der Waals surface area contributed by atoms with E-state index in [0.29, 0.717) is 0 Å². The number of hydrogen-bond acceptors (Lipinski definition) is 3. The van der Waals surface area contributed by atoms with Gasteiger partial charge in [0.05, 0.1) is 11.2 Å². The number of aromatic nitrogens is 2. The van der Waals surface area contributed by atoms with Crippen molar-refractivity contribution < 1.29 is 0 Å². The SMILES string of the molecule is CC1(C)c2ccccc2Sc2ccc(-c3cccc(-c4nc(-c5ccccc5)c5ccccc5n4)c3)cc21. The number of benzene rings is 5. The number of nitrogens with zero attached hydrogens (tertiary/aromatic N) is 2. The average molecular weight is 507 g/mol. The van der Waals surface area contributed by atoms with Crippen LogP contribution in [0.2, 0.25) is 0 Å².